The summed E-state index contributed by atoms with van der Waals surface area (Å²) in [5.74, 6) is -1.76. The topological polar surface area (TPSA) is 69.6 Å². The van der Waals surface area contributed by atoms with Crippen LogP contribution in [0, 0.1) is 5.82 Å². The molecule has 2 N–H and O–H groups in total. The molecule has 7 heteroatoms. The van der Waals surface area contributed by atoms with Crippen LogP contribution in [-0.4, -0.2) is 35.0 Å². The van der Waals surface area contributed by atoms with Gasteiger partial charge in [-0.15, -0.1) is 0 Å². The molecule has 5 nitrogen and oxygen atoms in total. The number of β-amino-alcohol motifs (C(OH)–C–C–N with tert-alkyl or cyclic N) is 1. The van der Waals surface area contributed by atoms with Crippen LogP contribution in [0.15, 0.2) is 30.0 Å². The first-order chi connectivity index (χ1) is 9.02. The third-order valence-electron chi connectivity index (χ3n) is 2.53. The average molecular weight is 285 g/mol. The molecule has 0 atom stereocenters. The van der Waals surface area contributed by atoms with E-state index in [-0.39, 0.29) is 24.5 Å². The highest BCUT2D eigenvalue weighted by atomic mass is 35.5. The molecule has 0 radical (unpaired) electrons. The summed E-state index contributed by atoms with van der Waals surface area (Å²) in [5.41, 5.74) is -0.0506. The van der Waals surface area contributed by atoms with E-state index in [2.05, 4.69) is 5.32 Å². The zero-order valence-electron chi connectivity index (χ0n) is 9.69. The summed E-state index contributed by atoms with van der Waals surface area (Å²) in [7, 11) is 0. The SMILES string of the molecule is O=C1C=C(Nc2cc(Cl)ccc2F)C(=O)N1CCO. The van der Waals surface area contributed by atoms with Crippen molar-refractivity contribution in [1.82, 2.24) is 4.90 Å². The van der Waals surface area contributed by atoms with E-state index in [9.17, 15) is 14.0 Å². The molecule has 1 aliphatic rings. The third-order valence-corrected chi connectivity index (χ3v) is 2.77. The molecule has 2 amide bonds. The summed E-state index contributed by atoms with van der Waals surface area (Å²) in [6.45, 7) is -0.429. The first kappa shape index (κ1) is 13.5. The Balaban J connectivity index is 2.20. The molecule has 2 rings (SSSR count). The molecule has 100 valence electrons. The second kappa shape index (κ2) is 5.38. The number of nitrogens with zero attached hydrogens (tertiary/aromatic N) is 1. The summed E-state index contributed by atoms with van der Waals surface area (Å²) in [4.78, 5) is 24.2. The monoisotopic (exact) mass is 284 g/mol. The summed E-state index contributed by atoms with van der Waals surface area (Å²) in [6, 6.07) is 3.83. The number of amides is 2. The molecular formula is C12H10ClFN2O3. The number of nitrogens with one attached hydrogen (secondary N) is 1. The maximum absolute atomic E-state index is 13.5. The maximum atomic E-state index is 13.5. The molecular weight excluding hydrogens is 275 g/mol. The van der Waals surface area contributed by atoms with Crippen molar-refractivity contribution in [3.63, 3.8) is 0 Å². The van der Waals surface area contributed by atoms with Gasteiger partial charge in [0.25, 0.3) is 11.8 Å². The van der Waals surface area contributed by atoms with Crippen LogP contribution < -0.4 is 5.32 Å². The molecule has 1 aromatic rings. The van der Waals surface area contributed by atoms with Crippen LogP contribution in [0.3, 0.4) is 0 Å². The lowest BCUT2D eigenvalue weighted by atomic mass is 10.3. The Morgan fingerprint density at radius 3 is 2.79 bits per heavy atom. The summed E-state index contributed by atoms with van der Waals surface area (Å²) >= 11 is 5.72. The van der Waals surface area contributed by atoms with E-state index in [0.29, 0.717) is 5.02 Å². The lowest BCUT2D eigenvalue weighted by Crippen LogP contribution is -2.34. The van der Waals surface area contributed by atoms with Crippen molar-refractivity contribution in [2.45, 2.75) is 0 Å². The largest absolute Gasteiger partial charge is 0.395 e. The van der Waals surface area contributed by atoms with Gasteiger partial charge in [0, 0.05) is 11.1 Å². The van der Waals surface area contributed by atoms with E-state index in [1.165, 1.54) is 12.1 Å². The molecule has 0 spiro atoms. The zero-order chi connectivity index (χ0) is 14.0. The van der Waals surface area contributed by atoms with Crippen molar-refractivity contribution in [2.24, 2.45) is 0 Å². The van der Waals surface area contributed by atoms with Crippen molar-refractivity contribution in [2.75, 3.05) is 18.5 Å². The number of anilines is 1. The van der Waals surface area contributed by atoms with Gasteiger partial charge >= 0.3 is 0 Å². The molecule has 0 fully saturated rings. The lowest BCUT2D eigenvalue weighted by molar-refractivity contribution is -0.137. The minimum Gasteiger partial charge on any atom is -0.395 e. The quantitative estimate of drug-likeness (QED) is 0.814. The Morgan fingerprint density at radius 1 is 1.37 bits per heavy atom. The van der Waals surface area contributed by atoms with Gasteiger partial charge in [-0.05, 0) is 18.2 Å². The number of hydrogen-bond acceptors (Lipinski definition) is 4. The molecule has 0 aliphatic carbocycles. The fourth-order valence-electron chi connectivity index (χ4n) is 1.65. The highest BCUT2D eigenvalue weighted by Gasteiger charge is 2.30. The maximum Gasteiger partial charge on any atom is 0.277 e. The molecule has 1 heterocycles. The summed E-state index contributed by atoms with van der Waals surface area (Å²) < 4.78 is 13.5. The molecule has 0 saturated carbocycles. The van der Waals surface area contributed by atoms with Crippen molar-refractivity contribution in [1.29, 1.82) is 0 Å². The van der Waals surface area contributed by atoms with Gasteiger partial charge in [-0.2, -0.15) is 0 Å². The highest BCUT2D eigenvalue weighted by Crippen LogP contribution is 2.23. The second-order valence-electron chi connectivity index (χ2n) is 3.83. The fourth-order valence-corrected chi connectivity index (χ4v) is 1.82. The number of aliphatic hydroxyl groups excluding tert-OH is 1. The van der Waals surface area contributed by atoms with E-state index in [0.717, 1.165) is 17.0 Å². The van der Waals surface area contributed by atoms with Crippen molar-refractivity contribution in [3.05, 3.63) is 40.8 Å². The zero-order valence-corrected chi connectivity index (χ0v) is 10.4. The molecule has 1 aliphatic heterocycles. The second-order valence-corrected chi connectivity index (χ2v) is 4.26. The van der Waals surface area contributed by atoms with E-state index in [1.807, 2.05) is 0 Å². The molecule has 0 bridgehead atoms. The van der Waals surface area contributed by atoms with E-state index in [1.54, 1.807) is 0 Å². The van der Waals surface area contributed by atoms with Crippen LogP contribution in [0.4, 0.5) is 10.1 Å². The van der Waals surface area contributed by atoms with Gasteiger partial charge in [-0.25, -0.2) is 4.39 Å². The normalized spacial score (nSPS) is 14.9. The number of aliphatic hydroxyl groups is 1. The number of rotatable bonds is 4. The Hall–Kier alpha value is -1.92. The van der Waals surface area contributed by atoms with E-state index in [4.69, 9.17) is 16.7 Å². The van der Waals surface area contributed by atoms with Gasteiger partial charge in [0.15, 0.2) is 0 Å². The molecule has 1 aromatic carbocycles. The van der Waals surface area contributed by atoms with Gasteiger partial charge in [-0.3, -0.25) is 14.5 Å². The molecule has 19 heavy (non-hydrogen) atoms. The molecule has 0 unspecified atom stereocenters. The number of imide groups is 1. The lowest BCUT2D eigenvalue weighted by Gasteiger charge is -2.13. The first-order valence-electron chi connectivity index (χ1n) is 5.43. The smallest absolute Gasteiger partial charge is 0.277 e. The minimum absolute atomic E-state index is 0.00532. The van der Waals surface area contributed by atoms with Crippen LogP contribution in [0.5, 0.6) is 0 Å². The number of halogens is 2. The van der Waals surface area contributed by atoms with Crippen molar-refractivity contribution < 1.29 is 19.1 Å². The highest BCUT2D eigenvalue weighted by molar-refractivity contribution is 6.30. The summed E-state index contributed by atoms with van der Waals surface area (Å²) in [5, 5.41) is 11.6. The van der Waals surface area contributed by atoms with Crippen molar-refractivity contribution >= 4 is 29.1 Å². The van der Waals surface area contributed by atoms with E-state index >= 15 is 0 Å². The van der Waals surface area contributed by atoms with Gasteiger partial charge in [0.1, 0.15) is 11.5 Å². The third kappa shape index (κ3) is 2.74. The van der Waals surface area contributed by atoms with Gasteiger partial charge < -0.3 is 10.4 Å². The fraction of sp³-hybridized carbons (Fsp3) is 0.167. The Bertz CT molecular complexity index is 574. The van der Waals surface area contributed by atoms with Crippen LogP contribution >= 0.6 is 11.6 Å². The average Bonchev–Trinajstić information content (AvgIpc) is 2.62. The minimum atomic E-state index is -0.613. The number of carbonyl (C=O) groups excluding carboxylic acids is 2. The summed E-state index contributed by atoms with van der Waals surface area (Å²) in [6.07, 6.45) is 1.05. The molecule has 0 saturated heterocycles. The standard InChI is InChI=1S/C12H10ClFN2O3/c13-7-1-2-8(14)9(5-7)15-10-6-11(18)16(3-4-17)12(10)19/h1-2,5-6,15,17H,3-4H2. The molecule has 0 aromatic heterocycles. The van der Waals surface area contributed by atoms with E-state index < -0.39 is 17.6 Å². The van der Waals surface area contributed by atoms with Crippen LogP contribution in [0.2, 0.25) is 5.02 Å². The number of benzene rings is 1. The van der Waals surface area contributed by atoms with Crippen LogP contribution in [0.25, 0.3) is 0 Å². The Labute approximate surface area is 113 Å². The predicted molar refractivity (Wildman–Crippen MR) is 66.9 cm³/mol. The first-order valence-corrected chi connectivity index (χ1v) is 5.81. The number of hydrogen-bond donors (Lipinski definition) is 2. The van der Waals surface area contributed by atoms with Crippen LogP contribution in [-0.2, 0) is 9.59 Å². The van der Waals surface area contributed by atoms with Gasteiger partial charge in [-0.1, -0.05) is 11.6 Å². The van der Waals surface area contributed by atoms with Crippen LogP contribution in [0.1, 0.15) is 0 Å². The Morgan fingerprint density at radius 2 is 2.11 bits per heavy atom. The Kier molecular flexibility index (Phi) is 3.82. The van der Waals surface area contributed by atoms with Gasteiger partial charge in [0.05, 0.1) is 18.8 Å². The van der Waals surface area contributed by atoms with Crippen molar-refractivity contribution in [3.8, 4) is 0 Å². The predicted octanol–water partition coefficient (Wildman–Crippen LogP) is 1.14. The number of carbonyl (C=O) groups is 2. The van der Waals surface area contributed by atoms with Gasteiger partial charge in [0.2, 0.25) is 0 Å².